The zero-order valence-electron chi connectivity index (χ0n) is 18.2. The lowest BCUT2D eigenvalue weighted by atomic mass is 9.95. The summed E-state index contributed by atoms with van der Waals surface area (Å²) in [5, 5.41) is 0. The first kappa shape index (κ1) is 23.2. The molecule has 2 aromatic rings. The molecular formula is C23H32FN3O4. The Kier molecular flexibility index (Phi) is 9.30. The Hall–Kier alpha value is -2.45. The molecule has 1 aromatic carbocycles. The highest BCUT2D eigenvalue weighted by Gasteiger charge is 2.26. The predicted octanol–water partition coefficient (Wildman–Crippen LogP) is 3.25. The highest BCUT2D eigenvalue weighted by molar-refractivity contribution is 5.76. The zero-order valence-corrected chi connectivity index (χ0v) is 18.2. The number of ether oxygens (including phenoxy) is 3. The van der Waals surface area contributed by atoms with E-state index < -0.39 is 5.82 Å². The van der Waals surface area contributed by atoms with E-state index in [1.165, 1.54) is 6.07 Å². The van der Waals surface area contributed by atoms with E-state index in [0.717, 1.165) is 25.2 Å². The number of halogens is 1. The first-order valence-electron chi connectivity index (χ1n) is 11.0. The van der Waals surface area contributed by atoms with Gasteiger partial charge in [0.1, 0.15) is 5.82 Å². The molecule has 0 atom stereocenters. The molecule has 8 heteroatoms. The summed E-state index contributed by atoms with van der Waals surface area (Å²) >= 11 is 0. The SMILES string of the molecule is CCOCCOCCn1ccnc1C1CCN(C(=O)CCOc2ccccc2F)CC1. The molecule has 31 heavy (non-hydrogen) atoms. The second-order valence-electron chi connectivity index (χ2n) is 7.47. The van der Waals surface area contributed by atoms with Gasteiger partial charge in [-0.05, 0) is 31.9 Å². The second kappa shape index (κ2) is 12.4. The Morgan fingerprint density at radius 1 is 1.13 bits per heavy atom. The monoisotopic (exact) mass is 433 g/mol. The summed E-state index contributed by atoms with van der Waals surface area (Å²) in [6, 6.07) is 6.23. The molecule has 170 valence electrons. The maximum Gasteiger partial charge on any atom is 0.225 e. The minimum absolute atomic E-state index is 0.0424. The average Bonchev–Trinajstić information content (AvgIpc) is 3.26. The maximum atomic E-state index is 13.6. The molecule has 7 nitrogen and oxygen atoms in total. The van der Waals surface area contributed by atoms with Crippen LogP contribution >= 0.6 is 0 Å². The molecular weight excluding hydrogens is 401 g/mol. The largest absolute Gasteiger partial charge is 0.490 e. The van der Waals surface area contributed by atoms with E-state index in [1.807, 2.05) is 24.2 Å². The van der Waals surface area contributed by atoms with E-state index in [4.69, 9.17) is 14.2 Å². The third-order valence-electron chi connectivity index (χ3n) is 5.42. The smallest absolute Gasteiger partial charge is 0.225 e. The van der Waals surface area contributed by atoms with Crippen LogP contribution in [0.15, 0.2) is 36.7 Å². The number of hydrogen-bond donors (Lipinski definition) is 0. The number of piperidine rings is 1. The van der Waals surface area contributed by atoms with Crippen LogP contribution in [0.25, 0.3) is 0 Å². The van der Waals surface area contributed by atoms with Crippen molar-refractivity contribution >= 4 is 5.91 Å². The summed E-state index contributed by atoms with van der Waals surface area (Å²) in [4.78, 5) is 18.9. The predicted molar refractivity (Wildman–Crippen MR) is 115 cm³/mol. The van der Waals surface area contributed by atoms with Crippen molar-refractivity contribution in [3.05, 3.63) is 48.3 Å². The lowest BCUT2D eigenvalue weighted by Gasteiger charge is -2.32. The fraction of sp³-hybridized carbons (Fsp3) is 0.565. The normalized spacial score (nSPS) is 14.7. The molecule has 0 unspecified atom stereocenters. The van der Waals surface area contributed by atoms with Gasteiger partial charge in [0, 0.05) is 44.6 Å². The molecule has 0 radical (unpaired) electrons. The van der Waals surface area contributed by atoms with E-state index in [1.54, 1.807) is 18.2 Å². The average molecular weight is 434 g/mol. The third-order valence-corrected chi connectivity index (χ3v) is 5.42. The Labute approximate surface area is 183 Å². The Morgan fingerprint density at radius 2 is 1.90 bits per heavy atom. The lowest BCUT2D eigenvalue weighted by molar-refractivity contribution is -0.132. The van der Waals surface area contributed by atoms with Gasteiger partial charge in [-0.2, -0.15) is 0 Å². The number of likely N-dealkylation sites (tertiary alicyclic amines) is 1. The number of amides is 1. The van der Waals surface area contributed by atoms with E-state index in [9.17, 15) is 9.18 Å². The number of hydrogen-bond acceptors (Lipinski definition) is 5. The van der Waals surface area contributed by atoms with Gasteiger partial charge in [0.25, 0.3) is 0 Å². The Morgan fingerprint density at radius 3 is 2.68 bits per heavy atom. The number of imidazole rings is 1. The van der Waals surface area contributed by atoms with Crippen molar-refractivity contribution in [2.45, 2.75) is 38.6 Å². The third kappa shape index (κ3) is 7.04. The maximum absolute atomic E-state index is 13.6. The van der Waals surface area contributed by atoms with Crippen LogP contribution in [0.3, 0.4) is 0 Å². The molecule has 0 bridgehead atoms. The van der Waals surface area contributed by atoms with Crippen molar-refractivity contribution in [1.29, 1.82) is 0 Å². The van der Waals surface area contributed by atoms with Crippen molar-refractivity contribution in [3.63, 3.8) is 0 Å². The van der Waals surface area contributed by atoms with Crippen LogP contribution in [0.4, 0.5) is 4.39 Å². The van der Waals surface area contributed by atoms with Gasteiger partial charge in [-0.15, -0.1) is 0 Å². The first-order chi connectivity index (χ1) is 15.2. The number of benzene rings is 1. The van der Waals surface area contributed by atoms with Gasteiger partial charge in [0.15, 0.2) is 11.6 Å². The number of rotatable bonds is 12. The lowest BCUT2D eigenvalue weighted by Crippen LogP contribution is -2.39. The summed E-state index contributed by atoms with van der Waals surface area (Å²) in [5.41, 5.74) is 0. The molecule has 0 spiro atoms. The summed E-state index contributed by atoms with van der Waals surface area (Å²) < 4.78 is 32.0. The van der Waals surface area contributed by atoms with Gasteiger partial charge in [-0.3, -0.25) is 4.79 Å². The number of para-hydroxylation sites is 1. The van der Waals surface area contributed by atoms with Crippen molar-refractivity contribution in [2.24, 2.45) is 0 Å². The standard InChI is InChI=1S/C23H32FN3O4/c1-2-29-17-18-30-16-14-27-13-10-25-23(27)19-7-11-26(12-8-19)22(28)9-15-31-21-6-4-3-5-20(21)24/h3-6,10,13,19H,2,7-9,11-12,14-18H2,1H3. The molecule has 1 aliphatic heterocycles. The Bertz CT molecular complexity index is 806. The van der Waals surface area contributed by atoms with Gasteiger partial charge in [-0.25, -0.2) is 9.37 Å². The van der Waals surface area contributed by atoms with E-state index in [-0.39, 0.29) is 24.7 Å². The molecule has 1 saturated heterocycles. The molecule has 1 aliphatic rings. The topological polar surface area (TPSA) is 65.8 Å². The highest BCUT2D eigenvalue weighted by atomic mass is 19.1. The fourth-order valence-electron chi connectivity index (χ4n) is 3.75. The molecule has 0 N–H and O–H groups in total. The van der Waals surface area contributed by atoms with Crippen molar-refractivity contribution in [2.75, 3.05) is 46.1 Å². The molecule has 3 rings (SSSR count). The minimum Gasteiger partial charge on any atom is -0.490 e. The van der Waals surface area contributed by atoms with Crippen LogP contribution in [0.2, 0.25) is 0 Å². The van der Waals surface area contributed by atoms with Crippen LogP contribution in [0, 0.1) is 5.82 Å². The van der Waals surface area contributed by atoms with Gasteiger partial charge >= 0.3 is 0 Å². The van der Waals surface area contributed by atoms with Crippen molar-refractivity contribution in [3.8, 4) is 5.75 Å². The Balaban J connectivity index is 1.38. The van der Waals surface area contributed by atoms with Crippen molar-refractivity contribution < 1.29 is 23.4 Å². The van der Waals surface area contributed by atoms with Gasteiger partial charge in [0.05, 0.1) is 32.8 Å². The van der Waals surface area contributed by atoms with Crippen LogP contribution < -0.4 is 4.74 Å². The minimum atomic E-state index is -0.411. The van der Waals surface area contributed by atoms with Crippen LogP contribution in [-0.4, -0.2) is 66.5 Å². The van der Waals surface area contributed by atoms with Crippen molar-refractivity contribution in [1.82, 2.24) is 14.5 Å². The summed E-state index contributed by atoms with van der Waals surface area (Å²) in [6.45, 7) is 6.83. The van der Waals surface area contributed by atoms with Gasteiger partial charge in [0.2, 0.25) is 5.91 Å². The first-order valence-corrected chi connectivity index (χ1v) is 11.0. The molecule has 0 saturated carbocycles. The van der Waals surface area contributed by atoms with Crippen LogP contribution in [0.5, 0.6) is 5.75 Å². The number of carbonyl (C=O) groups excluding carboxylic acids is 1. The van der Waals surface area contributed by atoms with Crippen LogP contribution in [-0.2, 0) is 20.8 Å². The summed E-state index contributed by atoms with van der Waals surface area (Å²) in [5.74, 6) is 1.20. The number of carbonyl (C=O) groups is 1. The zero-order chi connectivity index (χ0) is 21.9. The molecule has 1 fully saturated rings. The molecule has 2 heterocycles. The quantitative estimate of drug-likeness (QED) is 0.481. The number of nitrogens with zero attached hydrogens (tertiary/aromatic N) is 3. The summed E-state index contributed by atoms with van der Waals surface area (Å²) in [6.07, 6.45) is 5.81. The van der Waals surface area contributed by atoms with Crippen LogP contribution in [0.1, 0.15) is 37.9 Å². The van der Waals surface area contributed by atoms with E-state index in [2.05, 4.69) is 9.55 Å². The molecule has 1 aromatic heterocycles. The number of aromatic nitrogens is 2. The second-order valence-corrected chi connectivity index (χ2v) is 7.47. The fourth-order valence-corrected chi connectivity index (χ4v) is 3.75. The van der Waals surface area contributed by atoms with Gasteiger partial charge < -0.3 is 23.7 Å². The molecule has 1 amide bonds. The van der Waals surface area contributed by atoms with Gasteiger partial charge in [-0.1, -0.05) is 12.1 Å². The molecule has 0 aliphatic carbocycles. The highest BCUT2D eigenvalue weighted by Crippen LogP contribution is 2.27. The van der Waals surface area contributed by atoms with E-state index >= 15 is 0 Å². The summed E-state index contributed by atoms with van der Waals surface area (Å²) in [7, 11) is 0. The van der Waals surface area contributed by atoms with E-state index in [0.29, 0.717) is 45.4 Å².